The van der Waals surface area contributed by atoms with E-state index in [1.54, 1.807) is 0 Å². The van der Waals surface area contributed by atoms with Crippen LogP contribution in [-0.2, 0) is 6.42 Å². The molecule has 0 atom stereocenters. The molecule has 1 aliphatic heterocycles. The normalized spacial score (nSPS) is 13.5. The molecule has 1 aliphatic rings. The van der Waals surface area contributed by atoms with Crippen molar-refractivity contribution in [1.29, 1.82) is 0 Å². The number of rotatable bonds is 6. The van der Waals surface area contributed by atoms with Crippen molar-refractivity contribution in [2.75, 3.05) is 30.4 Å². The molecule has 1 aromatic rings. The number of nitrogens with zero attached hydrogens (tertiary/aromatic N) is 1. The summed E-state index contributed by atoms with van der Waals surface area (Å²) in [4.78, 5) is 14.1. The molecule has 5 heteroatoms. The van der Waals surface area contributed by atoms with Gasteiger partial charge in [0.1, 0.15) is 0 Å². The summed E-state index contributed by atoms with van der Waals surface area (Å²) >= 11 is 6.56. The largest absolute Gasteiger partial charge is 0.396 e. The number of fused-ring (bicyclic) bond motifs is 1. The van der Waals surface area contributed by atoms with E-state index in [9.17, 15) is 4.79 Å². The van der Waals surface area contributed by atoms with E-state index in [1.807, 2.05) is 23.1 Å². The number of aliphatic hydroxyl groups is 1. The third kappa shape index (κ3) is 6.49. The number of halogens is 2. The van der Waals surface area contributed by atoms with Crippen LogP contribution in [0, 0.1) is 0 Å². The Kier molecular flexibility index (Phi) is 9.96. The van der Waals surface area contributed by atoms with Gasteiger partial charge in [-0.05, 0) is 37.3 Å². The predicted octanol–water partition coefficient (Wildman–Crippen LogP) is 3.62. The number of hydrogen-bond acceptors (Lipinski definition) is 2. The summed E-state index contributed by atoms with van der Waals surface area (Å²) in [6.45, 7) is 2.06. The number of benzene rings is 1. The highest BCUT2D eigenvalue weighted by Gasteiger charge is 2.22. The highest BCUT2D eigenvalue weighted by Crippen LogP contribution is 2.18. The zero-order valence-corrected chi connectivity index (χ0v) is 15.4. The van der Waals surface area contributed by atoms with Gasteiger partial charge in [-0.1, -0.05) is 50.1 Å². The molecule has 21 heavy (non-hydrogen) atoms. The Morgan fingerprint density at radius 2 is 1.81 bits per heavy atom. The van der Waals surface area contributed by atoms with Gasteiger partial charge < -0.3 is 10.0 Å². The van der Waals surface area contributed by atoms with Gasteiger partial charge in [0.2, 0.25) is 0 Å². The van der Waals surface area contributed by atoms with Crippen LogP contribution < -0.4 is 0 Å². The maximum Gasteiger partial charge on any atom is 0.254 e. The SMILES string of the molecule is O=C1c2ccccc2CCN1CCCCBr.OCCCBr. The molecule has 2 rings (SSSR count). The average Bonchev–Trinajstić information content (AvgIpc) is 2.51. The van der Waals surface area contributed by atoms with E-state index in [0.717, 1.165) is 55.0 Å². The van der Waals surface area contributed by atoms with Gasteiger partial charge in [0.05, 0.1) is 0 Å². The van der Waals surface area contributed by atoms with Crippen molar-refractivity contribution >= 4 is 37.8 Å². The maximum atomic E-state index is 12.1. The predicted molar refractivity (Wildman–Crippen MR) is 94.6 cm³/mol. The summed E-state index contributed by atoms with van der Waals surface area (Å²) in [6, 6.07) is 7.95. The van der Waals surface area contributed by atoms with Crippen LogP contribution in [0.4, 0.5) is 0 Å². The molecule has 0 radical (unpaired) electrons. The Morgan fingerprint density at radius 1 is 1.10 bits per heavy atom. The second-order valence-corrected chi connectivity index (χ2v) is 6.45. The minimum Gasteiger partial charge on any atom is -0.396 e. The van der Waals surface area contributed by atoms with Crippen LogP contribution >= 0.6 is 31.9 Å². The first-order chi connectivity index (χ1) is 10.2. The van der Waals surface area contributed by atoms with Crippen molar-refractivity contribution in [3.8, 4) is 0 Å². The van der Waals surface area contributed by atoms with Gasteiger partial charge in [-0.25, -0.2) is 0 Å². The number of carbonyl (C=O) groups excluding carboxylic acids is 1. The van der Waals surface area contributed by atoms with Crippen LogP contribution in [0.15, 0.2) is 24.3 Å². The molecule has 0 saturated heterocycles. The third-order valence-electron chi connectivity index (χ3n) is 3.29. The first-order valence-electron chi connectivity index (χ1n) is 7.34. The molecule has 3 nitrogen and oxygen atoms in total. The summed E-state index contributed by atoms with van der Waals surface area (Å²) in [5.41, 5.74) is 2.09. The Labute approximate surface area is 144 Å². The van der Waals surface area contributed by atoms with Gasteiger partial charge in [-0.2, -0.15) is 0 Å². The molecule has 1 aromatic carbocycles. The van der Waals surface area contributed by atoms with Crippen molar-refractivity contribution < 1.29 is 9.90 Å². The molecule has 1 amide bonds. The standard InChI is InChI=1S/C13H16BrNO.C3H7BrO/c14-8-3-4-9-15-10-7-11-5-1-2-6-12(11)13(15)16;4-2-1-3-5/h1-2,5-6H,3-4,7-10H2;5H,1-3H2. The minimum atomic E-state index is 0.205. The second kappa shape index (κ2) is 11.2. The fourth-order valence-corrected chi connectivity index (χ4v) is 2.79. The molecule has 0 spiro atoms. The molecule has 1 heterocycles. The van der Waals surface area contributed by atoms with Gasteiger partial charge >= 0.3 is 0 Å². The lowest BCUT2D eigenvalue weighted by molar-refractivity contribution is 0.0737. The van der Waals surface area contributed by atoms with E-state index >= 15 is 0 Å². The molecular weight excluding hydrogens is 398 g/mol. The first kappa shape index (κ1) is 18.7. The van der Waals surface area contributed by atoms with Gasteiger partial charge in [0, 0.05) is 35.9 Å². The first-order valence-corrected chi connectivity index (χ1v) is 9.58. The second-order valence-electron chi connectivity index (χ2n) is 4.86. The van der Waals surface area contributed by atoms with Crippen LogP contribution in [0.1, 0.15) is 35.2 Å². The zero-order valence-electron chi connectivity index (χ0n) is 12.2. The number of amides is 1. The molecule has 0 fully saturated rings. The number of unbranched alkanes of at least 4 members (excludes halogenated alkanes) is 1. The van der Waals surface area contributed by atoms with Crippen molar-refractivity contribution in [2.24, 2.45) is 0 Å². The monoisotopic (exact) mass is 419 g/mol. The molecular formula is C16H23Br2NO2. The summed E-state index contributed by atoms with van der Waals surface area (Å²) in [5.74, 6) is 0.205. The Balaban J connectivity index is 0.000000383. The number of alkyl halides is 2. The van der Waals surface area contributed by atoms with E-state index < -0.39 is 0 Å². The third-order valence-corrected chi connectivity index (χ3v) is 4.41. The van der Waals surface area contributed by atoms with Gasteiger partial charge in [0.15, 0.2) is 0 Å². The lowest BCUT2D eigenvalue weighted by Crippen LogP contribution is -2.38. The van der Waals surface area contributed by atoms with Crippen LogP contribution in [0.25, 0.3) is 0 Å². The Bertz CT molecular complexity index is 424. The fraction of sp³-hybridized carbons (Fsp3) is 0.562. The number of aliphatic hydroxyl groups excluding tert-OH is 1. The van der Waals surface area contributed by atoms with E-state index in [1.165, 1.54) is 5.56 Å². The topological polar surface area (TPSA) is 40.5 Å². The van der Waals surface area contributed by atoms with E-state index in [4.69, 9.17) is 5.11 Å². The summed E-state index contributed by atoms with van der Waals surface area (Å²) in [7, 11) is 0. The molecule has 0 unspecified atom stereocenters. The number of carbonyl (C=O) groups is 1. The summed E-state index contributed by atoms with van der Waals surface area (Å²) in [6.07, 6.45) is 4.07. The van der Waals surface area contributed by atoms with Crippen LogP contribution in [0.5, 0.6) is 0 Å². The molecule has 0 aromatic heterocycles. The Morgan fingerprint density at radius 3 is 2.43 bits per heavy atom. The molecule has 0 bridgehead atoms. The van der Waals surface area contributed by atoms with Crippen LogP contribution in [0.3, 0.4) is 0 Å². The van der Waals surface area contributed by atoms with Gasteiger partial charge in [-0.15, -0.1) is 0 Å². The van der Waals surface area contributed by atoms with E-state index in [-0.39, 0.29) is 5.91 Å². The van der Waals surface area contributed by atoms with Crippen molar-refractivity contribution in [2.45, 2.75) is 25.7 Å². The van der Waals surface area contributed by atoms with Crippen molar-refractivity contribution in [3.05, 3.63) is 35.4 Å². The smallest absolute Gasteiger partial charge is 0.254 e. The number of hydrogen-bond donors (Lipinski definition) is 1. The van der Waals surface area contributed by atoms with E-state index in [0.29, 0.717) is 6.61 Å². The average molecular weight is 421 g/mol. The van der Waals surface area contributed by atoms with Gasteiger partial charge in [0.25, 0.3) is 5.91 Å². The summed E-state index contributed by atoms with van der Waals surface area (Å²) < 4.78 is 0. The van der Waals surface area contributed by atoms with Crippen molar-refractivity contribution in [3.63, 3.8) is 0 Å². The van der Waals surface area contributed by atoms with Gasteiger partial charge in [-0.3, -0.25) is 4.79 Å². The quantitative estimate of drug-likeness (QED) is 0.563. The lowest BCUT2D eigenvalue weighted by Gasteiger charge is -2.28. The highest BCUT2D eigenvalue weighted by molar-refractivity contribution is 9.09. The molecule has 0 aliphatic carbocycles. The minimum absolute atomic E-state index is 0.205. The van der Waals surface area contributed by atoms with Crippen LogP contribution in [0.2, 0.25) is 0 Å². The fourth-order valence-electron chi connectivity index (χ4n) is 2.14. The molecule has 0 saturated carbocycles. The lowest BCUT2D eigenvalue weighted by atomic mass is 9.99. The van der Waals surface area contributed by atoms with E-state index in [2.05, 4.69) is 37.9 Å². The van der Waals surface area contributed by atoms with Crippen molar-refractivity contribution in [1.82, 2.24) is 4.90 Å². The molecule has 1 N–H and O–H groups in total. The zero-order chi connectivity index (χ0) is 15.5. The highest BCUT2D eigenvalue weighted by atomic mass is 79.9. The summed E-state index contributed by atoms with van der Waals surface area (Å²) in [5, 5.41) is 9.96. The maximum absolute atomic E-state index is 12.1. The van der Waals surface area contributed by atoms with Crippen LogP contribution in [-0.4, -0.2) is 46.3 Å². The molecule has 118 valence electrons. The Hall–Kier alpha value is -0.390.